The molecule has 112 valence electrons. The van der Waals surface area contributed by atoms with Gasteiger partial charge >= 0.3 is 0 Å². The van der Waals surface area contributed by atoms with E-state index < -0.39 is 0 Å². The van der Waals surface area contributed by atoms with E-state index in [1.54, 1.807) is 12.4 Å². The standard InChI is InChI=1S/C15H26N4O/c1-2-3-11-20-12-10-18-6-8-19(9-7-18)15-4-5-17-13-14(15)16/h4-5,13H,2-3,6-12,16H2,1H3. The number of hydrogen-bond acceptors (Lipinski definition) is 5. The summed E-state index contributed by atoms with van der Waals surface area (Å²) in [7, 11) is 0. The second-order valence-corrected chi connectivity index (χ2v) is 5.23. The minimum atomic E-state index is 0.767. The third-order valence-electron chi connectivity index (χ3n) is 3.73. The summed E-state index contributed by atoms with van der Waals surface area (Å²) in [5, 5.41) is 0. The highest BCUT2D eigenvalue weighted by Crippen LogP contribution is 2.22. The van der Waals surface area contributed by atoms with Crippen molar-refractivity contribution in [2.75, 3.05) is 56.6 Å². The van der Waals surface area contributed by atoms with Crippen LogP contribution in [0.3, 0.4) is 0 Å². The van der Waals surface area contributed by atoms with Crippen LogP contribution in [-0.2, 0) is 4.74 Å². The maximum Gasteiger partial charge on any atom is 0.0738 e. The molecule has 0 aromatic carbocycles. The van der Waals surface area contributed by atoms with Crippen molar-refractivity contribution in [3.05, 3.63) is 18.5 Å². The van der Waals surface area contributed by atoms with E-state index in [9.17, 15) is 0 Å². The van der Waals surface area contributed by atoms with Crippen LogP contribution in [0.4, 0.5) is 11.4 Å². The Bertz CT molecular complexity index is 391. The summed E-state index contributed by atoms with van der Waals surface area (Å²) >= 11 is 0. The molecule has 1 aliphatic heterocycles. The van der Waals surface area contributed by atoms with Crippen molar-refractivity contribution in [1.29, 1.82) is 0 Å². The van der Waals surface area contributed by atoms with E-state index in [0.717, 1.165) is 63.7 Å². The summed E-state index contributed by atoms with van der Waals surface area (Å²) in [6, 6.07) is 2.00. The smallest absolute Gasteiger partial charge is 0.0738 e. The molecule has 0 bridgehead atoms. The fourth-order valence-corrected chi connectivity index (χ4v) is 2.44. The lowest BCUT2D eigenvalue weighted by molar-refractivity contribution is 0.0994. The van der Waals surface area contributed by atoms with Crippen LogP contribution in [0.2, 0.25) is 0 Å². The molecular weight excluding hydrogens is 252 g/mol. The highest BCUT2D eigenvalue weighted by molar-refractivity contribution is 5.66. The zero-order chi connectivity index (χ0) is 14.2. The summed E-state index contributed by atoms with van der Waals surface area (Å²) in [6.45, 7) is 9.13. The van der Waals surface area contributed by atoms with E-state index in [-0.39, 0.29) is 0 Å². The van der Waals surface area contributed by atoms with Crippen LogP contribution in [0.15, 0.2) is 18.5 Å². The highest BCUT2D eigenvalue weighted by atomic mass is 16.5. The van der Waals surface area contributed by atoms with Gasteiger partial charge in [0.05, 0.1) is 24.2 Å². The Labute approximate surface area is 121 Å². The maximum atomic E-state index is 5.97. The van der Waals surface area contributed by atoms with Crippen molar-refractivity contribution in [3.63, 3.8) is 0 Å². The van der Waals surface area contributed by atoms with Crippen molar-refractivity contribution in [3.8, 4) is 0 Å². The molecule has 1 fully saturated rings. The van der Waals surface area contributed by atoms with Gasteiger partial charge in [0.15, 0.2) is 0 Å². The quantitative estimate of drug-likeness (QED) is 0.768. The average Bonchev–Trinajstić information content (AvgIpc) is 2.48. The van der Waals surface area contributed by atoms with Crippen LogP contribution in [0, 0.1) is 0 Å². The lowest BCUT2D eigenvalue weighted by Gasteiger charge is -2.36. The molecule has 1 saturated heterocycles. The van der Waals surface area contributed by atoms with E-state index in [1.165, 1.54) is 6.42 Å². The Balaban J connectivity index is 1.69. The minimum absolute atomic E-state index is 0.767. The Morgan fingerprint density at radius 1 is 1.25 bits per heavy atom. The van der Waals surface area contributed by atoms with Crippen LogP contribution in [-0.4, -0.2) is 55.8 Å². The van der Waals surface area contributed by atoms with Gasteiger partial charge in [-0.3, -0.25) is 9.88 Å². The zero-order valence-corrected chi connectivity index (χ0v) is 12.4. The van der Waals surface area contributed by atoms with E-state index in [1.807, 2.05) is 6.07 Å². The van der Waals surface area contributed by atoms with Crippen LogP contribution < -0.4 is 10.6 Å². The SMILES string of the molecule is CCCCOCCN1CCN(c2ccncc2N)CC1. The fourth-order valence-electron chi connectivity index (χ4n) is 2.44. The number of unbranched alkanes of at least 4 members (excludes halogenated alkanes) is 1. The van der Waals surface area contributed by atoms with Crippen LogP contribution in [0.1, 0.15) is 19.8 Å². The third kappa shape index (κ3) is 4.35. The number of anilines is 2. The average molecular weight is 278 g/mol. The molecular formula is C15H26N4O. The molecule has 2 rings (SSSR count). The Kier molecular flexibility index (Phi) is 6.08. The number of ether oxygens (including phenoxy) is 1. The van der Waals surface area contributed by atoms with Gasteiger partial charge in [0.25, 0.3) is 0 Å². The van der Waals surface area contributed by atoms with Gasteiger partial charge in [-0.1, -0.05) is 13.3 Å². The van der Waals surface area contributed by atoms with Gasteiger partial charge < -0.3 is 15.4 Å². The van der Waals surface area contributed by atoms with Gasteiger partial charge in [0.1, 0.15) is 0 Å². The Morgan fingerprint density at radius 2 is 2.05 bits per heavy atom. The van der Waals surface area contributed by atoms with E-state index in [0.29, 0.717) is 0 Å². The normalized spacial score (nSPS) is 16.6. The molecule has 0 unspecified atom stereocenters. The molecule has 0 radical (unpaired) electrons. The molecule has 5 nitrogen and oxygen atoms in total. The topological polar surface area (TPSA) is 54.6 Å². The van der Waals surface area contributed by atoms with Gasteiger partial charge in [-0.2, -0.15) is 0 Å². The third-order valence-corrected chi connectivity index (χ3v) is 3.73. The first-order chi connectivity index (χ1) is 9.81. The summed E-state index contributed by atoms with van der Waals surface area (Å²) < 4.78 is 5.62. The molecule has 0 aliphatic carbocycles. The van der Waals surface area contributed by atoms with Gasteiger partial charge in [0, 0.05) is 45.5 Å². The first-order valence-corrected chi connectivity index (χ1v) is 7.55. The Hall–Kier alpha value is -1.33. The second kappa shape index (κ2) is 8.07. The predicted octanol–water partition coefficient (Wildman–Crippen LogP) is 1.60. The molecule has 1 aromatic heterocycles. The lowest BCUT2D eigenvalue weighted by Crippen LogP contribution is -2.47. The van der Waals surface area contributed by atoms with Gasteiger partial charge in [-0.25, -0.2) is 0 Å². The van der Waals surface area contributed by atoms with Crippen LogP contribution in [0.5, 0.6) is 0 Å². The highest BCUT2D eigenvalue weighted by Gasteiger charge is 2.18. The van der Waals surface area contributed by atoms with Crippen molar-refractivity contribution < 1.29 is 4.74 Å². The lowest BCUT2D eigenvalue weighted by atomic mass is 10.2. The number of piperazine rings is 1. The summed E-state index contributed by atoms with van der Waals surface area (Å²) in [4.78, 5) is 8.84. The molecule has 5 heteroatoms. The zero-order valence-electron chi connectivity index (χ0n) is 12.4. The number of rotatable bonds is 7. The molecule has 0 atom stereocenters. The number of hydrogen-bond donors (Lipinski definition) is 1. The second-order valence-electron chi connectivity index (χ2n) is 5.23. The van der Waals surface area contributed by atoms with Crippen molar-refractivity contribution in [2.45, 2.75) is 19.8 Å². The van der Waals surface area contributed by atoms with Gasteiger partial charge in [-0.15, -0.1) is 0 Å². The summed E-state index contributed by atoms with van der Waals surface area (Å²) in [5.41, 5.74) is 7.85. The fraction of sp³-hybridized carbons (Fsp3) is 0.667. The van der Waals surface area contributed by atoms with Crippen LogP contribution >= 0.6 is 0 Å². The first kappa shape index (κ1) is 15.1. The molecule has 1 aromatic rings. The van der Waals surface area contributed by atoms with Crippen molar-refractivity contribution in [1.82, 2.24) is 9.88 Å². The van der Waals surface area contributed by atoms with E-state index >= 15 is 0 Å². The monoisotopic (exact) mass is 278 g/mol. The molecule has 0 spiro atoms. The maximum absolute atomic E-state index is 5.97. The van der Waals surface area contributed by atoms with Gasteiger partial charge in [-0.05, 0) is 12.5 Å². The van der Waals surface area contributed by atoms with E-state index in [4.69, 9.17) is 10.5 Å². The minimum Gasteiger partial charge on any atom is -0.396 e. The summed E-state index contributed by atoms with van der Waals surface area (Å²) in [6.07, 6.45) is 5.89. The molecule has 0 saturated carbocycles. The van der Waals surface area contributed by atoms with E-state index in [2.05, 4.69) is 21.7 Å². The largest absolute Gasteiger partial charge is 0.396 e. The first-order valence-electron chi connectivity index (χ1n) is 7.55. The number of aromatic nitrogens is 1. The predicted molar refractivity (Wildman–Crippen MR) is 83.0 cm³/mol. The molecule has 20 heavy (non-hydrogen) atoms. The number of nitrogens with two attached hydrogens (primary N) is 1. The summed E-state index contributed by atoms with van der Waals surface area (Å²) in [5.74, 6) is 0. The van der Waals surface area contributed by atoms with Crippen molar-refractivity contribution in [2.24, 2.45) is 0 Å². The van der Waals surface area contributed by atoms with Crippen molar-refractivity contribution >= 4 is 11.4 Å². The molecule has 2 N–H and O–H groups in total. The van der Waals surface area contributed by atoms with Gasteiger partial charge in [0.2, 0.25) is 0 Å². The number of nitrogens with zero attached hydrogens (tertiary/aromatic N) is 3. The number of pyridine rings is 1. The molecule has 1 aliphatic rings. The Morgan fingerprint density at radius 3 is 2.75 bits per heavy atom. The number of nitrogen functional groups attached to an aromatic ring is 1. The molecule has 0 amide bonds. The van der Waals surface area contributed by atoms with Crippen LogP contribution in [0.25, 0.3) is 0 Å². The molecule has 2 heterocycles.